The molecule has 2 nitrogen and oxygen atoms in total. The quantitative estimate of drug-likeness (QED) is 0.840. The molecule has 0 aromatic heterocycles. The molecule has 0 fully saturated rings. The number of phenols is 1. The Hall–Kier alpha value is -0.540. The molecular weight excluding hydrogens is 232 g/mol. The van der Waals surface area contributed by atoms with Gasteiger partial charge in [-0.3, -0.25) is 0 Å². The lowest BCUT2D eigenvalue weighted by atomic mass is 10.00. The number of phenolic OH excluding ortho intramolecular Hbond substituents is 1. The normalized spacial score (nSPS) is 12.9. The number of aliphatic hydroxyl groups excluding tert-OH is 1. The predicted octanol–water partition coefficient (Wildman–Crippen LogP) is 2.56. The lowest BCUT2D eigenvalue weighted by Gasteiger charge is -2.12. The maximum atomic E-state index is 9.59. The molecule has 0 radical (unpaired) electrons. The minimum absolute atomic E-state index is 0.0306. The van der Waals surface area contributed by atoms with Crippen LogP contribution in [0.5, 0.6) is 5.75 Å². The molecule has 0 aliphatic rings. The molecule has 72 valence electrons. The molecular formula is C10H13BrO2. The lowest BCUT2D eigenvalue weighted by molar-refractivity contribution is 0.270. The van der Waals surface area contributed by atoms with E-state index in [1.807, 2.05) is 19.9 Å². The molecule has 2 N–H and O–H groups in total. The Morgan fingerprint density at radius 1 is 1.46 bits per heavy atom. The van der Waals surface area contributed by atoms with E-state index in [4.69, 9.17) is 5.11 Å². The van der Waals surface area contributed by atoms with Gasteiger partial charge >= 0.3 is 0 Å². The van der Waals surface area contributed by atoms with Crippen molar-refractivity contribution < 1.29 is 10.2 Å². The molecule has 1 unspecified atom stereocenters. The highest BCUT2D eigenvalue weighted by atomic mass is 79.9. The van der Waals surface area contributed by atoms with Crippen molar-refractivity contribution in [3.8, 4) is 5.75 Å². The van der Waals surface area contributed by atoms with Crippen molar-refractivity contribution in [3.05, 3.63) is 27.7 Å². The molecule has 1 atom stereocenters. The van der Waals surface area contributed by atoms with Crippen molar-refractivity contribution in [1.82, 2.24) is 0 Å². The molecule has 0 saturated carbocycles. The Morgan fingerprint density at radius 2 is 2.08 bits per heavy atom. The second-order valence-corrected chi connectivity index (χ2v) is 4.10. The fraction of sp³-hybridized carbons (Fsp3) is 0.400. The molecule has 0 aliphatic heterocycles. The zero-order valence-corrected chi connectivity index (χ0v) is 9.30. The molecule has 0 saturated heterocycles. The van der Waals surface area contributed by atoms with Crippen LogP contribution in [0.4, 0.5) is 0 Å². The summed E-state index contributed by atoms with van der Waals surface area (Å²) in [6.07, 6.45) is 0. The second-order valence-electron chi connectivity index (χ2n) is 3.24. The van der Waals surface area contributed by atoms with Crippen molar-refractivity contribution in [1.29, 1.82) is 0 Å². The minimum Gasteiger partial charge on any atom is -0.508 e. The molecule has 0 heterocycles. The molecule has 0 amide bonds. The summed E-state index contributed by atoms with van der Waals surface area (Å²) in [4.78, 5) is 0. The van der Waals surface area contributed by atoms with Gasteiger partial charge in [-0.2, -0.15) is 0 Å². The first-order chi connectivity index (χ1) is 6.06. The van der Waals surface area contributed by atoms with Crippen LogP contribution in [0.2, 0.25) is 0 Å². The largest absolute Gasteiger partial charge is 0.508 e. The van der Waals surface area contributed by atoms with Crippen molar-refractivity contribution >= 4 is 15.9 Å². The van der Waals surface area contributed by atoms with Gasteiger partial charge in [0.15, 0.2) is 0 Å². The number of halogens is 1. The predicted molar refractivity (Wildman–Crippen MR) is 56.0 cm³/mol. The SMILES string of the molecule is Cc1cc(O)c(C(C)CO)cc1Br. The van der Waals surface area contributed by atoms with Gasteiger partial charge < -0.3 is 10.2 Å². The van der Waals surface area contributed by atoms with E-state index in [9.17, 15) is 5.11 Å². The fourth-order valence-corrected chi connectivity index (χ4v) is 1.54. The van der Waals surface area contributed by atoms with Crippen molar-refractivity contribution in [2.45, 2.75) is 19.8 Å². The van der Waals surface area contributed by atoms with Gasteiger partial charge in [0, 0.05) is 22.6 Å². The maximum Gasteiger partial charge on any atom is 0.119 e. The zero-order valence-electron chi connectivity index (χ0n) is 7.71. The number of aliphatic hydroxyl groups is 1. The molecule has 1 rings (SSSR count). The number of benzene rings is 1. The Bertz CT molecular complexity index is 310. The fourth-order valence-electron chi connectivity index (χ4n) is 1.17. The van der Waals surface area contributed by atoms with Gasteiger partial charge in [0.2, 0.25) is 0 Å². The van der Waals surface area contributed by atoms with Gasteiger partial charge in [0.25, 0.3) is 0 Å². The van der Waals surface area contributed by atoms with Crippen LogP contribution < -0.4 is 0 Å². The Kier molecular flexibility index (Phi) is 3.33. The number of rotatable bonds is 2. The summed E-state index contributed by atoms with van der Waals surface area (Å²) in [5.41, 5.74) is 1.77. The first kappa shape index (κ1) is 10.5. The number of hydrogen-bond acceptors (Lipinski definition) is 2. The Labute approximate surface area is 86.3 Å². The lowest BCUT2D eigenvalue weighted by Crippen LogP contribution is -1.99. The van der Waals surface area contributed by atoms with Crippen LogP contribution in [0.3, 0.4) is 0 Å². The third-order valence-corrected chi connectivity index (χ3v) is 2.97. The van der Waals surface area contributed by atoms with Crippen LogP contribution in [-0.4, -0.2) is 16.8 Å². The maximum absolute atomic E-state index is 9.59. The molecule has 0 aliphatic carbocycles. The van der Waals surface area contributed by atoms with E-state index in [2.05, 4.69) is 15.9 Å². The summed E-state index contributed by atoms with van der Waals surface area (Å²) >= 11 is 3.38. The van der Waals surface area contributed by atoms with E-state index in [0.717, 1.165) is 15.6 Å². The summed E-state index contributed by atoms with van der Waals surface area (Å²) in [7, 11) is 0. The summed E-state index contributed by atoms with van der Waals surface area (Å²) < 4.78 is 0.959. The molecule has 13 heavy (non-hydrogen) atoms. The number of aryl methyl sites for hydroxylation is 1. The van der Waals surface area contributed by atoms with Crippen molar-refractivity contribution in [2.24, 2.45) is 0 Å². The van der Waals surface area contributed by atoms with Crippen molar-refractivity contribution in [2.75, 3.05) is 6.61 Å². The highest BCUT2D eigenvalue weighted by Crippen LogP contribution is 2.30. The standard InChI is InChI=1S/C10H13BrO2/c1-6-3-10(13)8(4-9(6)11)7(2)5-12/h3-4,7,12-13H,5H2,1-2H3. The van der Waals surface area contributed by atoms with E-state index in [1.54, 1.807) is 6.07 Å². The third kappa shape index (κ3) is 2.23. The summed E-state index contributed by atoms with van der Waals surface area (Å²) in [6.45, 7) is 3.83. The van der Waals surface area contributed by atoms with E-state index in [1.165, 1.54) is 0 Å². The van der Waals surface area contributed by atoms with Crippen LogP contribution in [0.1, 0.15) is 24.0 Å². The Balaban J connectivity index is 3.15. The molecule has 1 aromatic rings. The average molecular weight is 245 g/mol. The highest BCUT2D eigenvalue weighted by molar-refractivity contribution is 9.10. The average Bonchev–Trinajstić information content (AvgIpc) is 2.10. The molecule has 0 spiro atoms. The van der Waals surface area contributed by atoms with E-state index in [0.29, 0.717) is 0 Å². The van der Waals surface area contributed by atoms with E-state index in [-0.39, 0.29) is 18.3 Å². The first-order valence-electron chi connectivity index (χ1n) is 4.16. The topological polar surface area (TPSA) is 40.5 Å². The molecule has 0 bridgehead atoms. The zero-order chi connectivity index (χ0) is 10.0. The van der Waals surface area contributed by atoms with Gasteiger partial charge in [-0.1, -0.05) is 22.9 Å². The van der Waals surface area contributed by atoms with Gasteiger partial charge in [-0.05, 0) is 24.6 Å². The first-order valence-corrected chi connectivity index (χ1v) is 4.95. The second kappa shape index (κ2) is 4.11. The monoisotopic (exact) mass is 244 g/mol. The van der Waals surface area contributed by atoms with Crippen LogP contribution in [0.25, 0.3) is 0 Å². The van der Waals surface area contributed by atoms with E-state index >= 15 is 0 Å². The summed E-state index contributed by atoms with van der Waals surface area (Å²) in [5.74, 6) is 0.221. The summed E-state index contributed by atoms with van der Waals surface area (Å²) in [5, 5.41) is 18.5. The highest BCUT2D eigenvalue weighted by Gasteiger charge is 2.11. The van der Waals surface area contributed by atoms with Crippen molar-refractivity contribution in [3.63, 3.8) is 0 Å². The van der Waals surface area contributed by atoms with Crippen LogP contribution in [-0.2, 0) is 0 Å². The molecule has 3 heteroatoms. The van der Waals surface area contributed by atoms with Crippen LogP contribution >= 0.6 is 15.9 Å². The van der Waals surface area contributed by atoms with Crippen LogP contribution in [0.15, 0.2) is 16.6 Å². The number of hydrogen-bond donors (Lipinski definition) is 2. The summed E-state index contributed by atoms with van der Waals surface area (Å²) in [6, 6.07) is 3.55. The Morgan fingerprint density at radius 3 is 2.62 bits per heavy atom. The number of aromatic hydroxyl groups is 1. The van der Waals surface area contributed by atoms with Crippen LogP contribution in [0, 0.1) is 6.92 Å². The van der Waals surface area contributed by atoms with Gasteiger partial charge in [-0.15, -0.1) is 0 Å². The van der Waals surface area contributed by atoms with E-state index < -0.39 is 0 Å². The van der Waals surface area contributed by atoms with Gasteiger partial charge in [0.1, 0.15) is 5.75 Å². The smallest absolute Gasteiger partial charge is 0.119 e. The third-order valence-electron chi connectivity index (χ3n) is 2.11. The van der Waals surface area contributed by atoms with Gasteiger partial charge in [0.05, 0.1) is 0 Å². The molecule has 1 aromatic carbocycles. The van der Waals surface area contributed by atoms with Gasteiger partial charge in [-0.25, -0.2) is 0 Å². The minimum atomic E-state index is -0.0306.